The van der Waals surface area contributed by atoms with Crippen molar-refractivity contribution in [3.05, 3.63) is 42.7 Å². The molecule has 31 heteroatoms. The molecule has 3 rings (SSSR count). The second kappa shape index (κ2) is 50.7. The zero-order valence-corrected chi connectivity index (χ0v) is 70.7. The lowest BCUT2D eigenvalue weighted by molar-refractivity contribution is -0.158. The highest BCUT2D eigenvalue weighted by Gasteiger charge is 2.55. The van der Waals surface area contributed by atoms with Crippen LogP contribution in [-0.4, -0.2) is 265 Å². The fourth-order valence-electron chi connectivity index (χ4n) is 13.5. The topological polar surface area (TPSA) is 332 Å². The standard InChI is InChI=1S/C72H139N6O20Si5/c1-17-91-69(82)44-67(71(84)93-19-3)77(10)62-33-29-60(30-34-62)43-61-31-35-63(36-32-61)78(68(72(85)94-20-4)45-70(83)92-18-2)47-65(81)54-88-39-25-41-100(11,12)96-102(15,16)98-103(66-27-22-21-23-28-66,95-99(40-24-37-86-52-59(9)79)76-58(8)51-90-49-56(6)74)97-101(13,14)42-26-38-87-53-64(80)46-75-57(7)50-89-48-55(5)73/h21-23,27-28,55-58,60-65,67-68,75-76,79-81H,9,17-20,24-26,29-54,73-74H2,1-8,10-16H3. The highest BCUT2D eigenvalue weighted by atomic mass is 28.5. The molecular formula is C72H139N6O20Si5. The molecule has 103 heavy (non-hydrogen) atoms. The first-order valence-electron chi connectivity index (χ1n) is 38.2. The average molecular weight is 1550 g/mol. The minimum atomic E-state index is -3.97. The fourth-order valence-corrected chi connectivity index (χ4v) is 34.5. The van der Waals surface area contributed by atoms with Crippen LogP contribution in [0, 0.1) is 11.8 Å². The van der Waals surface area contributed by atoms with Gasteiger partial charge in [-0.15, -0.1) is 0 Å². The molecule has 26 nitrogen and oxygen atoms in total. The Bertz CT molecular complexity index is 2490. The van der Waals surface area contributed by atoms with Crippen LogP contribution in [-0.2, 0) is 78.3 Å². The molecule has 9 unspecified atom stereocenters. The van der Waals surface area contributed by atoms with Gasteiger partial charge in [0.05, 0.1) is 91.1 Å². The van der Waals surface area contributed by atoms with E-state index in [1.54, 1.807) is 27.7 Å². The largest absolute Gasteiger partial charge is 0.510 e. The van der Waals surface area contributed by atoms with Crippen molar-refractivity contribution in [3.8, 4) is 0 Å². The van der Waals surface area contributed by atoms with E-state index in [4.69, 9.17) is 70.6 Å². The van der Waals surface area contributed by atoms with Gasteiger partial charge in [-0.1, -0.05) is 36.9 Å². The van der Waals surface area contributed by atoms with Crippen LogP contribution in [0.2, 0.25) is 57.4 Å². The lowest BCUT2D eigenvalue weighted by atomic mass is 9.75. The first-order chi connectivity index (χ1) is 48.7. The van der Waals surface area contributed by atoms with Gasteiger partial charge in [0.15, 0.2) is 16.6 Å². The number of esters is 4. The highest BCUT2D eigenvalue weighted by molar-refractivity contribution is 6.94. The molecule has 9 atom stereocenters. The molecule has 1 radical (unpaired) electrons. The lowest BCUT2D eigenvalue weighted by Gasteiger charge is -2.44. The van der Waals surface area contributed by atoms with Gasteiger partial charge in [-0.25, -0.2) is 0 Å². The number of aliphatic hydroxyl groups is 3. The number of benzene rings is 1. The molecule has 0 bridgehead atoms. The van der Waals surface area contributed by atoms with Crippen LogP contribution in [0.5, 0.6) is 0 Å². The molecule has 2 aliphatic rings. The van der Waals surface area contributed by atoms with E-state index in [0.29, 0.717) is 102 Å². The van der Waals surface area contributed by atoms with Gasteiger partial charge < -0.3 is 96.2 Å². The average Bonchev–Trinajstić information content (AvgIpc) is 0.773. The van der Waals surface area contributed by atoms with Gasteiger partial charge in [0.25, 0.3) is 9.20 Å². The SMILES string of the molecule is C=C(O)COCCC[Si](NC(C)COCC(C)N)O[Si](O[Si](C)(C)CCCOCC(O)CNC(C)COCC(C)N)(O[Si](C)(C)O[Si](C)(C)CCCOCC(O)CN(C1CCC(CC2CCC(N(C)C(CC(=O)OCC)C(=O)OCC)CC2)CC1)C(CC(=O)OCC)C(=O)OCC)c1ccccc1. The molecule has 0 amide bonds. The Hall–Kier alpha value is -2.96. The van der Waals surface area contributed by atoms with Crippen LogP contribution < -0.4 is 27.0 Å². The van der Waals surface area contributed by atoms with Gasteiger partial charge in [-0.3, -0.25) is 29.0 Å². The van der Waals surface area contributed by atoms with Crippen LogP contribution in [0.3, 0.4) is 0 Å². The molecule has 597 valence electrons. The number of hydrogen-bond acceptors (Lipinski definition) is 26. The summed E-state index contributed by atoms with van der Waals surface area (Å²) in [5.41, 5.74) is 11.9. The highest BCUT2D eigenvalue weighted by Crippen LogP contribution is 2.39. The molecule has 0 spiro atoms. The van der Waals surface area contributed by atoms with Gasteiger partial charge in [-0.05, 0) is 209 Å². The van der Waals surface area contributed by atoms with E-state index in [-0.39, 0.29) is 108 Å². The van der Waals surface area contributed by atoms with E-state index in [1.807, 2.05) is 68.0 Å². The summed E-state index contributed by atoms with van der Waals surface area (Å²) in [5.74, 6) is -0.935. The number of hydrogen-bond donors (Lipinski definition) is 7. The first-order valence-corrected chi connectivity index (χ1v) is 50.6. The fraction of sp³-hybridized carbons (Fsp3) is 0.833. The Morgan fingerprint density at radius 1 is 0.602 bits per heavy atom. The second-order valence-corrected chi connectivity index (χ2v) is 47.4. The number of carbonyl (C=O) groups is 4. The quantitative estimate of drug-likeness (QED) is 0.0108. The molecular weight excluding hydrogens is 1410 g/mol. The summed E-state index contributed by atoms with van der Waals surface area (Å²) in [7, 11) is -12.6. The maximum absolute atomic E-state index is 13.9. The Balaban J connectivity index is 1.81. The smallest absolute Gasteiger partial charge is 0.508 e. The van der Waals surface area contributed by atoms with Gasteiger partial charge >= 0.3 is 41.2 Å². The number of nitrogens with two attached hydrogens (primary N) is 2. The number of carbonyl (C=O) groups excluding carboxylic acids is 4. The Labute approximate surface area is 624 Å². The van der Waals surface area contributed by atoms with Crippen molar-refractivity contribution in [3.63, 3.8) is 0 Å². The summed E-state index contributed by atoms with van der Waals surface area (Å²) in [5, 5.41) is 36.6. The van der Waals surface area contributed by atoms with Crippen LogP contribution in [0.1, 0.15) is 145 Å². The second-order valence-electron chi connectivity index (χ2n) is 29.9. The Kier molecular flexibility index (Phi) is 46.4. The number of aliphatic hydroxyl groups excluding tert-OH is 3. The Morgan fingerprint density at radius 3 is 1.61 bits per heavy atom. The maximum Gasteiger partial charge on any atom is 0.508 e. The van der Waals surface area contributed by atoms with Gasteiger partial charge in [0, 0.05) is 74.3 Å². The summed E-state index contributed by atoms with van der Waals surface area (Å²) in [6.45, 7) is 35.5. The van der Waals surface area contributed by atoms with Crippen LogP contribution >= 0.6 is 0 Å². The van der Waals surface area contributed by atoms with Crippen molar-refractivity contribution in [2.45, 2.75) is 263 Å². The molecule has 2 fully saturated rings. The van der Waals surface area contributed by atoms with Crippen molar-refractivity contribution in [2.75, 3.05) is 113 Å². The summed E-state index contributed by atoms with van der Waals surface area (Å²) in [4.78, 5) is 60.4. The van der Waals surface area contributed by atoms with Crippen molar-refractivity contribution < 1.29 is 93.6 Å². The van der Waals surface area contributed by atoms with E-state index < -0.39 is 91.4 Å². The summed E-state index contributed by atoms with van der Waals surface area (Å²) >= 11 is 0. The number of nitrogens with zero attached hydrogens (tertiary/aromatic N) is 2. The summed E-state index contributed by atoms with van der Waals surface area (Å²) in [6, 6.07) is 10.0. The van der Waals surface area contributed by atoms with Crippen molar-refractivity contribution in [2.24, 2.45) is 23.3 Å². The molecule has 0 saturated heterocycles. The van der Waals surface area contributed by atoms with E-state index in [9.17, 15) is 34.5 Å². The van der Waals surface area contributed by atoms with E-state index in [0.717, 1.165) is 63.0 Å². The predicted molar refractivity (Wildman–Crippen MR) is 412 cm³/mol. The van der Waals surface area contributed by atoms with Gasteiger partial charge in [0.2, 0.25) is 0 Å². The number of likely N-dealkylation sites (N-methyl/N-ethyl adjacent to an activating group) is 1. The molecule has 1 aromatic carbocycles. The van der Waals surface area contributed by atoms with Crippen LogP contribution in [0.4, 0.5) is 0 Å². The van der Waals surface area contributed by atoms with Crippen molar-refractivity contribution >= 4 is 72.3 Å². The molecule has 2 aliphatic carbocycles. The van der Waals surface area contributed by atoms with E-state index >= 15 is 0 Å². The molecule has 0 heterocycles. The van der Waals surface area contributed by atoms with Gasteiger partial charge in [0.1, 0.15) is 24.4 Å². The van der Waals surface area contributed by atoms with E-state index in [1.165, 1.54) is 0 Å². The molecule has 0 aromatic heterocycles. The molecule has 1 aromatic rings. The molecule has 2 saturated carbocycles. The van der Waals surface area contributed by atoms with Gasteiger partial charge in [-0.2, -0.15) is 0 Å². The Morgan fingerprint density at radius 2 is 1.09 bits per heavy atom. The molecule has 9 N–H and O–H groups in total. The minimum absolute atomic E-state index is 0.00242. The predicted octanol–water partition coefficient (Wildman–Crippen LogP) is 7.71. The first kappa shape index (κ1) is 94.2. The zero-order valence-electron chi connectivity index (χ0n) is 65.7. The summed E-state index contributed by atoms with van der Waals surface area (Å²) in [6.07, 6.45) is 8.24. The summed E-state index contributed by atoms with van der Waals surface area (Å²) < 4.78 is 81.5. The monoisotopic (exact) mass is 1550 g/mol. The number of rotatable bonds is 58. The van der Waals surface area contributed by atoms with E-state index in [2.05, 4.69) is 63.1 Å². The van der Waals surface area contributed by atoms with Crippen molar-refractivity contribution in [1.29, 1.82) is 0 Å². The number of nitrogens with one attached hydrogen (secondary N) is 2. The normalized spacial score (nSPS) is 20.0. The van der Waals surface area contributed by atoms with Crippen LogP contribution in [0.25, 0.3) is 0 Å². The van der Waals surface area contributed by atoms with Crippen LogP contribution in [0.15, 0.2) is 42.7 Å². The minimum Gasteiger partial charge on any atom is -0.510 e. The lowest BCUT2D eigenvalue weighted by Crippen LogP contribution is -2.69. The maximum atomic E-state index is 13.9. The number of ether oxygens (including phenoxy) is 9. The third-order valence-corrected chi connectivity index (χ3v) is 36.5. The third kappa shape index (κ3) is 39.8. The van der Waals surface area contributed by atoms with Crippen molar-refractivity contribution in [1.82, 2.24) is 20.1 Å². The zero-order chi connectivity index (χ0) is 76.6. The molecule has 0 aliphatic heterocycles. The third-order valence-electron chi connectivity index (χ3n) is 18.1.